The summed E-state index contributed by atoms with van der Waals surface area (Å²) in [6, 6.07) is 8.19. The molecule has 0 aliphatic heterocycles. The summed E-state index contributed by atoms with van der Waals surface area (Å²) >= 11 is 0. The SMILES string of the molecule is C=C[C@H](N)c1cc2cccc(C)c2[nH]1. The third kappa shape index (κ3) is 1.34. The Bertz CT molecular complexity index is 468. The minimum absolute atomic E-state index is 0.109. The van der Waals surface area contributed by atoms with Crippen LogP contribution in [0.3, 0.4) is 0 Å². The number of nitrogens with one attached hydrogen (secondary N) is 1. The molecular formula is C12H14N2. The van der Waals surface area contributed by atoms with Crippen LogP contribution in [0.4, 0.5) is 0 Å². The maximum atomic E-state index is 5.86. The van der Waals surface area contributed by atoms with Gasteiger partial charge in [-0.05, 0) is 23.9 Å². The van der Waals surface area contributed by atoms with Crippen molar-refractivity contribution in [3.05, 3.63) is 48.2 Å². The van der Waals surface area contributed by atoms with Crippen LogP contribution >= 0.6 is 0 Å². The molecule has 1 heterocycles. The van der Waals surface area contributed by atoms with Crippen molar-refractivity contribution in [2.24, 2.45) is 5.73 Å². The molecule has 0 radical (unpaired) electrons. The smallest absolute Gasteiger partial charge is 0.0631 e. The molecule has 0 unspecified atom stereocenters. The highest BCUT2D eigenvalue weighted by Crippen LogP contribution is 2.21. The highest BCUT2D eigenvalue weighted by molar-refractivity contribution is 5.83. The summed E-state index contributed by atoms with van der Waals surface area (Å²) in [5, 5.41) is 1.21. The predicted octanol–water partition coefficient (Wildman–Crippen LogP) is 2.66. The molecule has 0 aliphatic rings. The van der Waals surface area contributed by atoms with E-state index < -0.39 is 0 Å². The molecule has 0 saturated heterocycles. The predicted molar refractivity (Wildman–Crippen MR) is 60.2 cm³/mol. The zero-order valence-corrected chi connectivity index (χ0v) is 8.25. The molecule has 0 bridgehead atoms. The van der Waals surface area contributed by atoms with Crippen molar-refractivity contribution in [1.82, 2.24) is 4.98 Å². The Labute approximate surface area is 83.4 Å². The zero-order valence-electron chi connectivity index (χ0n) is 8.25. The van der Waals surface area contributed by atoms with Gasteiger partial charge in [-0.1, -0.05) is 24.3 Å². The third-order valence-electron chi connectivity index (χ3n) is 2.50. The van der Waals surface area contributed by atoms with Gasteiger partial charge in [0, 0.05) is 11.2 Å². The van der Waals surface area contributed by atoms with Crippen molar-refractivity contribution in [1.29, 1.82) is 0 Å². The molecule has 0 saturated carbocycles. The largest absolute Gasteiger partial charge is 0.357 e. The Hall–Kier alpha value is -1.54. The molecule has 1 atom stereocenters. The normalized spacial score (nSPS) is 13.0. The quantitative estimate of drug-likeness (QED) is 0.695. The number of nitrogens with two attached hydrogens (primary N) is 1. The number of H-pyrrole nitrogens is 1. The van der Waals surface area contributed by atoms with E-state index in [4.69, 9.17) is 5.73 Å². The molecular weight excluding hydrogens is 172 g/mol. The first-order chi connectivity index (χ1) is 6.72. The summed E-state index contributed by atoms with van der Waals surface area (Å²) in [6.45, 7) is 5.77. The van der Waals surface area contributed by atoms with E-state index in [-0.39, 0.29) is 6.04 Å². The number of fused-ring (bicyclic) bond motifs is 1. The van der Waals surface area contributed by atoms with Crippen molar-refractivity contribution in [3.8, 4) is 0 Å². The average molecular weight is 186 g/mol. The minimum atomic E-state index is -0.109. The van der Waals surface area contributed by atoms with Gasteiger partial charge in [-0.3, -0.25) is 0 Å². The number of para-hydroxylation sites is 1. The lowest BCUT2D eigenvalue weighted by Crippen LogP contribution is -2.06. The number of rotatable bonds is 2. The van der Waals surface area contributed by atoms with E-state index in [1.807, 2.05) is 0 Å². The molecule has 2 aromatic rings. The van der Waals surface area contributed by atoms with Gasteiger partial charge >= 0.3 is 0 Å². The average Bonchev–Trinajstić information content (AvgIpc) is 2.62. The second-order valence-electron chi connectivity index (χ2n) is 3.53. The summed E-state index contributed by atoms with van der Waals surface area (Å²) in [6.07, 6.45) is 1.74. The van der Waals surface area contributed by atoms with Crippen molar-refractivity contribution in [2.45, 2.75) is 13.0 Å². The van der Waals surface area contributed by atoms with Crippen LogP contribution in [0.25, 0.3) is 10.9 Å². The number of benzene rings is 1. The highest BCUT2D eigenvalue weighted by Gasteiger charge is 2.06. The van der Waals surface area contributed by atoms with Crippen LogP contribution in [0.1, 0.15) is 17.3 Å². The summed E-state index contributed by atoms with van der Waals surface area (Å²) in [5.41, 5.74) is 9.28. The topological polar surface area (TPSA) is 41.8 Å². The van der Waals surface area contributed by atoms with Crippen LogP contribution in [0, 0.1) is 6.92 Å². The van der Waals surface area contributed by atoms with Gasteiger partial charge in [0.2, 0.25) is 0 Å². The maximum absolute atomic E-state index is 5.86. The van der Waals surface area contributed by atoms with Crippen LogP contribution in [-0.4, -0.2) is 4.98 Å². The van der Waals surface area contributed by atoms with Gasteiger partial charge in [0.25, 0.3) is 0 Å². The second-order valence-corrected chi connectivity index (χ2v) is 3.53. The van der Waals surface area contributed by atoms with Crippen LogP contribution in [-0.2, 0) is 0 Å². The van der Waals surface area contributed by atoms with Crippen molar-refractivity contribution in [3.63, 3.8) is 0 Å². The summed E-state index contributed by atoms with van der Waals surface area (Å²) < 4.78 is 0. The van der Waals surface area contributed by atoms with Crippen molar-refractivity contribution in [2.75, 3.05) is 0 Å². The third-order valence-corrected chi connectivity index (χ3v) is 2.50. The molecule has 14 heavy (non-hydrogen) atoms. The first-order valence-corrected chi connectivity index (χ1v) is 4.68. The molecule has 72 valence electrons. The van der Waals surface area contributed by atoms with E-state index in [2.05, 4.69) is 42.8 Å². The van der Waals surface area contributed by atoms with E-state index in [9.17, 15) is 0 Å². The Morgan fingerprint density at radius 2 is 2.29 bits per heavy atom. The summed E-state index contributed by atoms with van der Waals surface area (Å²) in [4.78, 5) is 3.32. The molecule has 0 aliphatic carbocycles. The number of aryl methyl sites for hydroxylation is 1. The summed E-state index contributed by atoms with van der Waals surface area (Å²) in [5.74, 6) is 0. The number of aromatic amines is 1. The monoisotopic (exact) mass is 186 g/mol. The van der Waals surface area contributed by atoms with Gasteiger partial charge < -0.3 is 10.7 Å². The van der Waals surface area contributed by atoms with E-state index in [0.29, 0.717) is 0 Å². The molecule has 0 amide bonds. The fourth-order valence-corrected chi connectivity index (χ4v) is 1.64. The van der Waals surface area contributed by atoms with Crippen LogP contribution < -0.4 is 5.73 Å². The molecule has 2 heteroatoms. The Morgan fingerprint density at radius 3 is 2.93 bits per heavy atom. The first-order valence-electron chi connectivity index (χ1n) is 4.68. The fraction of sp³-hybridized carbons (Fsp3) is 0.167. The van der Waals surface area contributed by atoms with E-state index in [1.54, 1.807) is 6.08 Å². The minimum Gasteiger partial charge on any atom is -0.357 e. The van der Waals surface area contributed by atoms with Crippen LogP contribution in [0.15, 0.2) is 36.9 Å². The second kappa shape index (κ2) is 3.31. The highest BCUT2D eigenvalue weighted by atomic mass is 14.8. The van der Waals surface area contributed by atoms with Gasteiger partial charge in [0.1, 0.15) is 0 Å². The van der Waals surface area contributed by atoms with Crippen molar-refractivity contribution < 1.29 is 0 Å². The standard InChI is InChI=1S/C12H14N2/c1-3-10(13)11-7-9-6-4-5-8(2)12(9)14-11/h3-7,10,14H,1,13H2,2H3/t10-/m0/s1. The number of hydrogen-bond donors (Lipinski definition) is 2. The van der Waals surface area contributed by atoms with Gasteiger partial charge in [-0.15, -0.1) is 6.58 Å². The Kier molecular flexibility index (Phi) is 2.14. The molecule has 0 spiro atoms. The maximum Gasteiger partial charge on any atom is 0.0631 e. The van der Waals surface area contributed by atoms with Gasteiger partial charge in [-0.25, -0.2) is 0 Å². The summed E-state index contributed by atoms with van der Waals surface area (Å²) in [7, 11) is 0. The number of hydrogen-bond acceptors (Lipinski definition) is 1. The van der Waals surface area contributed by atoms with Crippen LogP contribution in [0.2, 0.25) is 0 Å². The number of aromatic nitrogens is 1. The lowest BCUT2D eigenvalue weighted by Gasteiger charge is -2.00. The first kappa shape index (κ1) is 9.03. The van der Waals surface area contributed by atoms with Crippen LogP contribution in [0.5, 0.6) is 0 Å². The Morgan fingerprint density at radius 1 is 1.50 bits per heavy atom. The fourth-order valence-electron chi connectivity index (χ4n) is 1.64. The Balaban J connectivity index is 2.62. The van der Waals surface area contributed by atoms with E-state index >= 15 is 0 Å². The lowest BCUT2D eigenvalue weighted by molar-refractivity contribution is 0.880. The van der Waals surface area contributed by atoms with E-state index in [1.165, 1.54) is 16.5 Å². The molecule has 0 fully saturated rings. The molecule has 1 aromatic heterocycles. The van der Waals surface area contributed by atoms with Crippen molar-refractivity contribution >= 4 is 10.9 Å². The van der Waals surface area contributed by atoms with Gasteiger partial charge in [0.15, 0.2) is 0 Å². The lowest BCUT2D eigenvalue weighted by atomic mass is 10.1. The molecule has 3 N–H and O–H groups in total. The molecule has 2 rings (SSSR count). The zero-order chi connectivity index (χ0) is 10.1. The van der Waals surface area contributed by atoms with Gasteiger partial charge in [-0.2, -0.15) is 0 Å². The van der Waals surface area contributed by atoms with E-state index in [0.717, 1.165) is 5.69 Å². The van der Waals surface area contributed by atoms with Gasteiger partial charge in [0.05, 0.1) is 6.04 Å². The molecule has 1 aromatic carbocycles. The molecule has 2 nitrogen and oxygen atoms in total.